The molecule has 0 aliphatic carbocycles. The third-order valence-electron chi connectivity index (χ3n) is 27.5. The minimum Gasteiger partial charge on any atom is -0.497 e. The van der Waals surface area contributed by atoms with Crippen molar-refractivity contribution < 1.29 is 47.4 Å². The predicted octanol–water partition coefficient (Wildman–Crippen LogP) is 15.9. The van der Waals surface area contributed by atoms with E-state index in [-0.39, 0.29) is 79.0 Å². The van der Waals surface area contributed by atoms with E-state index in [4.69, 9.17) is 73.9 Å². The first-order valence-electron chi connectivity index (χ1n) is 46.7. The lowest BCUT2D eigenvalue weighted by Gasteiger charge is -2.43. The van der Waals surface area contributed by atoms with Crippen LogP contribution in [-0.4, -0.2) is 197 Å². The number of halogens is 2. The molecule has 140 heavy (non-hydrogen) atoms. The molecular formula is C107H118BrClN20O10S. The topological polar surface area (TPSA) is 398 Å². The smallest absolute Gasteiger partial charge is 0.261 e. The number of hydrogen-bond acceptors (Lipinski definition) is 25. The Morgan fingerprint density at radius 2 is 1.25 bits per heavy atom. The van der Waals surface area contributed by atoms with Crippen molar-refractivity contribution in [1.29, 1.82) is 5.26 Å². The summed E-state index contributed by atoms with van der Waals surface area (Å²) >= 11 is 11.0. The van der Waals surface area contributed by atoms with Gasteiger partial charge < -0.3 is 57.1 Å². The number of guanidine groups is 5. The molecule has 3 aromatic heterocycles. The van der Waals surface area contributed by atoms with E-state index in [9.17, 15) is 34.0 Å². The highest BCUT2D eigenvalue weighted by molar-refractivity contribution is 9.10. The van der Waals surface area contributed by atoms with Gasteiger partial charge in [-0.05, 0) is 231 Å². The van der Waals surface area contributed by atoms with Gasteiger partial charge in [0.25, 0.3) is 17.7 Å². The Hall–Kier alpha value is -14.3. The lowest BCUT2D eigenvalue weighted by Crippen LogP contribution is -2.54. The molecule has 8 aromatic carbocycles. The van der Waals surface area contributed by atoms with Gasteiger partial charge in [-0.1, -0.05) is 151 Å². The van der Waals surface area contributed by atoms with Gasteiger partial charge >= 0.3 is 0 Å². The maximum atomic E-state index is 13.5. The number of amides is 6. The second-order valence-corrected chi connectivity index (χ2v) is 39.2. The second kappa shape index (κ2) is 42.6. The number of piperidine rings is 2. The number of nitrogens with two attached hydrogens (primary N) is 5. The molecule has 8 atom stereocenters. The van der Waals surface area contributed by atoms with Crippen LogP contribution in [0.4, 0.5) is 5.69 Å². The maximum Gasteiger partial charge on any atom is 0.261 e. The first-order chi connectivity index (χ1) is 67.1. The molecule has 11 heterocycles. The van der Waals surface area contributed by atoms with Crippen LogP contribution in [-0.2, 0) is 53.7 Å². The van der Waals surface area contributed by atoms with Gasteiger partial charge in [0.05, 0.1) is 49.8 Å². The normalized spacial score (nSPS) is 22.7. The molecule has 11 aromatic rings. The minimum atomic E-state index is -1.07. The van der Waals surface area contributed by atoms with Crippen molar-refractivity contribution in [2.24, 2.45) is 65.5 Å². The van der Waals surface area contributed by atoms with Crippen molar-refractivity contribution in [3.63, 3.8) is 0 Å². The van der Waals surface area contributed by atoms with Crippen LogP contribution >= 0.6 is 38.9 Å². The maximum absolute atomic E-state index is 13.5. The van der Waals surface area contributed by atoms with Gasteiger partial charge in [0.2, 0.25) is 24.5 Å². The zero-order valence-corrected chi connectivity index (χ0v) is 83.7. The zero-order valence-electron chi connectivity index (χ0n) is 80.5. The Balaban J connectivity index is 0.000000133. The quantitative estimate of drug-likeness (QED) is 0.0473. The van der Waals surface area contributed by atoms with E-state index in [1.807, 2.05) is 200 Å². The lowest BCUT2D eigenvalue weighted by atomic mass is 9.77. The summed E-state index contributed by atoms with van der Waals surface area (Å²) < 4.78 is 22.7. The average molecular weight is 1990 g/mol. The van der Waals surface area contributed by atoms with Crippen LogP contribution in [0.1, 0.15) is 153 Å². The van der Waals surface area contributed by atoms with E-state index in [2.05, 4.69) is 91.8 Å². The van der Waals surface area contributed by atoms with Gasteiger partial charge in [0.1, 0.15) is 34.0 Å². The number of nitriles is 1. The zero-order chi connectivity index (χ0) is 99.7. The van der Waals surface area contributed by atoms with E-state index in [1.165, 1.54) is 47.6 Å². The van der Waals surface area contributed by atoms with Crippen LogP contribution in [0.25, 0.3) is 33.2 Å². The molecule has 6 amide bonds. The number of fused-ring (bicyclic) bond motifs is 2. The standard InChI is InChI=1S/C24H29BrN4O2.C24H19N5O2S.C24H21N3O3.C19H28N4O2.C16H21ClN4O/c1-4-12-28(13-5-2)21(30)18-9-6-8-17(14-18)16-29-22(31)24(3,27-23(29)26)19-10-7-11-20(25)15-19;1-24(20-9-18(13-32-20)17-7-14(10-25)11-27-12-17)21(22(30)29(2)23(26)28-24)16-4-3-15-5-6-31-19(15)8-16;1-27-22(28)14-24(26-23(27)25,18-7-3-2-4-8-18)19-9-5-6-16(12-19)17-10-11-20-21(13-17)30-15-29-20;1-19(11-17(24)22(2)18(20)21-19)15-7-5-9-23(13-15)12-14-6-4-8-16(10-14)25-3;1-16(14(22)20(2)15(18)19-16)11-5-4-8-21(10-11)13-7-3-6-12(17)9-13/h6-11,14-15H,4-5,12-13,16H2,1-3H3,(H2,26,27);3-9,11-13,21H,1-2H3,(H2,26,28);2-13H,14-15H2,1H3,(H2,25,26);4,6,8,10,15H,5,7,9,11-13H2,1-3H3,(H2,20,21);3,6-7,9,11H,4-5,8,10H2,1-2H3,(H2,18,19)/t;21?,24-;;15?,19-;11-,16-/m.1.01/s1. The highest BCUT2D eigenvalue weighted by Gasteiger charge is 2.52. The van der Waals surface area contributed by atoms with Gasteiger partial charge in [-0.25, -0.2) is 25.0 Å². The van der Waals surface area contributed by atoms with Crippen molar-refractivity contribution in [3.05, 3.63) is 289 Å². The van der Waals surface area contributed by atoms with Crippen molar-refractivity contribution in [3.8, 4) is 45.6 Å². The number of furan rings is 1. The molecule has 0 saturated carbocycles. The molecule has 0 spiro atoms. The highest BCUT2D eigenvalue weighted by Crippen LogP contribution is 2.50. The summed E-state index contributed by atoms with van der Waals surface area (Å²) in [6, 6.07) is 68.3. The van der Waals surface area contributed by atoms with E-state index >= 15 is 0 Å². The Kier molecular flexibility index (Phi) is 30.5. The van der Waals surface area contributed by atoms with Gasteiger partial charge in [0.15, 0.2) is 46.8 Å². The van der Waals surface area contributed by atoms with Crippen LogP contribution < -0.4 is 47.8 Å². The summed E-state index contributed by atoms with van der Waals surface area (Å²) in [6.07, 6.45) is 11.5. The van der Waals surface area contributed by atoms with Crippen LogP contribution in [0.3, 0.4) is 0 Å². The Morgan fingerprint density at radius 3 is 1.96 bits per heavy atom. The number of hydrogen-bond donors (Lipinski definition) is 5. The molecule has 2 saturated heterocycles. The molecule has 10 N–H and O–H groups in total. The highest BCUT2D eigenvalue weighted by atomic mass is 79.9. The molecule has 30 nitrogen and oxygen atoms in total. The number of carbonyl (C=O) groups excluding carboxylic acids is 6. The molecule has 2 fully saturated rings. The molecule has 0 bridgehead atoms. The summed E-state index contributed by atoms with van der Waals surface area (Å²) in [5.74, 6) is 3.16. The van der Waals surface area contributed by atoms with Gasteiger partial charge in [-0.15, -0.1) is 11.3 Å². The number of pyridine rings is 1. The second-order valence-electron chi connectivity index (χ2n) is 37.0. The number of likely N-dealkylation sites (N-methyl/N-ethyl adjacent to an activating group) is 2. The summed E-state index contributed by atoms with van der Waals surface area (Å²) in [5.41, 5.74) is 38.4. The summed E-state index contributed by atoms with van der Waals surface area (Å²) in [7, 11) is 8.36. The molecule has 0 radical (unpaired) electrons. The SMILES string of the molecule is CCCN(CCC)C(=O)c1cccc(CN2C(=O)C(C)(c3cccc(Br)c3)N=C2N)c1.CN1C(=O)C(c2ccc3ccoc3c2)[C@@](C)(c2cc(-c3cncc(C#N)c3)cs2)N=C1N.CN1C(=O)CC(c2ccccc2)(c2cccc(-c3ccc4c(c3)OCO4)c2)N=C1N.CN1C(=O)[C@@](C)([C@@H]2CCCN(c3cccc(Cl)c3)C2)N=C1N.COc1cccc(CN2CCCC([C@]3(C)CC(=O)N(C)C(N)=N3)C2)c1. The van der Waals surface area contributed by atoms with Crippen molar-refractivity contribution in [2.45, 2.75) is 140 Å². The lowest BCUT2D eigenvalue weighted by molar-refractivity contribution is -0.132. The fourth-order valence-electron chi connectivity index (χ4n) is 19.3. The fourth-order valence-corrected chi connectivity index (χ4v) is 21.0. The number of likely N-dealkylation sites (tertiary alicyclic amines) is 1. The number of benzene rings is 8. The Bertz CT molecular complexity index is 6700. The molecule has 726 valence electrons. The molecular weight excluding hydrogens is 1870 g/mol. The van der Waals surface area contributed by atoms with Crippen molar-refractivity contribution in [1.82, 2.24) is 39.3 Å². The van der Waals surface area contributed by atoms with Crippen LogP contribution in [0, 0.1) is 23.2 Å². The number of methoxy groups -OCH3 is 1. The van der Waals surface area contributed by atoms with Gasteiger partial charge in [-0.3, -0.25) is 63.2 Å². The molecule has 19 rings (SSSR count). The summed E-state index contributed by atoms with van der Waals surface area (Å²) in [5, 5.41) is 12.9. The number of ether oxygens (including phenoxy) is 3. The van der Waals surface area contributed by atoms with Gasteiger partial charge in [-0.2, -0.15) is 5.26 Å². The monoisotopic (exact) mass is 1990 g/mol. The van der Waals surface area contributed by atoms with E-state index in [0.717, 1.165) is 177 Å². The number of anilines is 1. The van der Waals surface area contributed by atoms with Crippen LogP contribution in [0.2, 0.25) is 5.02 Å². The van der Waals surface area contributed by atoms with Crippen molar-refractivity contribution in [2.75, 3.05) is 86.3 Å². The first kappa shape index (κ1) is 100. The Morgan fingerprint density at radius 1 is 0.586 bits per heavy atom. The van der Waals surface area contributed by atoms with Crippen LogP contribution in [0.15, 0.2) is 264 Å². The number of aliphatic imine (C=N–C) groups is 5. The predicted molar refractivity (Wildman–Crippen MR) is 551 cm³/mol. The number of aromatic nitrogens is 1. The number of thiophene rings is 1. The van der Waals surface area contributed by atoms with Crippen molar-refractivity contribution >= 4 is 121 Å². The first-order valence-corrected chi connectivity index (χ1v) is 48.8. The minimum absolute atomic E-state index is 0.0112. The molecule has 33 heteroatoms. The fraction of sp³-hybridized carbons (Fsp3) is 0.336. The third-order valence-corrected chi connectivity index (χ3v) is 29.3. The Labute approximate surface area is 833 Å². The number of nitrogens with zero attached hydrogens (tertiary/aromatic N) is 15. The third kappa shape index (κ3) is 21.3. The molecule has 8 aliphatic heterocycles. The van der Waals surface area contributed by atoms with Crippen LogP contribution in [0.5, 0.6) is 17.2 Å². The van der Waals surface area contributed by atoms with E-state index in [0.29, 0.717) is 41.0 Å². The summed E-state index contributed by atoms with van der Waals surface area (Å²) in [4.78, 5) is 119. The van der Waals surface area contributed by atoms with E-state index in [1.54, 1.807) is 60.8 Å². The number of rotatable bonds is 20. The average Bonchev–Trinajstić information content (AvgIpc) is 1.29. The van der Waals surface area contributed by atoms with E-state index < -0.39 is 33.6 Å². The van der Waals surface area contributed by atoms with Gasteiger partial charge in [0, 0.05) is 122 Å². The molecule has 8 aliphatic rings. The summed E-state index contributed by atoms with van der Waals surface area (Å²) in [6.45, 7) is 18.4. The number of carbonyl (C=O) groups is 6. The largest absolute Gasteiger partial charge is 0.497 e. The molecule has 4 unspecified atom stereocenters.